The van der Waals surface area contributed by atoms with Crippen LogP contribution >= 0.6 is 0 Å². The van der Waals surface area contributed by atoms with Crippen LogP contribution in [0.25, 0.3) is 76.8 Å². The standard InChI is InChI=1S/C54H37N/c1-4-15-38(16-5-1)50-32-30-45(54-36-44-17-10-11-24-49(44)51-25-12-13-26-52(51)54)37-53(50)43-19-14-18-39(34-43)40-27-28-42-35-48(31-29-41(42)33-40)55(46-20-6-2-7-21-46)47-22-8-3-9-23-47/h1-37H. The molecule has 0 heterocycles. The average molecular weight is 700 g/mol. The van der Waals surface area contributed by atoms with Crippen LogP contribution in [0.15, 0.2) is 224 Å². The zero-order valence-electron chi connectivity index (χ0n) is 30.3. The fourth-order valence-electron chi connectivity index (χ4n) is 8.13. The normalized spacial score (nSPS) is 11.3. The molecule has 0 aliphatic carbocycles. The Balaban J connectivity index is 1.07. The number of anilines is 3. The first-order valence-electron chi connectivity index (χ1n) is 18.9. The highest BCUT2D eigenvalue weighted by Gasteiger charge is 2.16. The van der Waals surface area contributed by atoms with Crippen molar-refractivity contribution in [1.82, 2.24) is 0 Å². The fourth-order valence-corrected chi connectivity index (χ4v) is 8.13. The minimum atomic E-state index is 1.13. The monoisotopic (exact) mass is 699 g/mol. The molecule has 1 nitrogen and oxygen atoms in total. The lowest BCUT2D eigenvalue weighted by molar-refractivity contribution is 1.29. The van der Waals surface area contributed by atoms with E-state index in [1.54, 1.807) is 0 Å². The predicted octanol–water partition coefficient (Wildman–Crippen LogP) is 15.3. The van der Waals surface area contributed by atoms with Crippen molar-refractivity contribution >= 4 is 49.4 Å². The second-order valence-corrected chi connectivity index (χ2v) is 14.2. The van der Waals surface area contributed by atoms with Crippen LogP contribution in [-0.2, 0) is 0 Å². The maximum atomic E-state index is 2.39. The minimum Gasteiger partial charge on any atom is -0.310 e. The Morgan fingerprint density at radius 1 is 0.218 bits per heavy atom. The summed E-state index contributed by atoms with van der Waals surface area (Å²) in [5, 5.41) is 7.50. The van der Waals surface area contributed by atoms with Crippen molar-refractivity contribution in [3.63, 3.8) is 0 Å². The molecule has 0 atom stereocenters. The number of hydrogen-bond acceptors (Lipinski definition) is 1. The first-order valence-corrected chi connectivity index (χ1v) is 18.9. The third-order valence-electron chi connectivity index (χ3n) is 10.8. The lowest BCUT2D eigenvalue weighted by atomic mass is 9.87. The summed E-state index contributed by atoms with van der Waals surface area (Å²) in [6.07, 6.45) is 0. The Morgan fingerprint density at radius 3 is 1.53 bits per heavy atom. The summed E-state index contributed by atoms with van der Waals surface area (Å²) in [4.78, 5) is 2.32. The summed E-state index contributed by atoms with van der Waals surface area (Å²) in [6.45, 7) is 0. The summed E-state index contributed by atoms with van der Waals surface area (Å²) >= 11 is 0. The van der Waals surface area contributed by atoms with Crippen LogP contribution in [0.1, 0.15) is 0 Å². The molecule has 0 saturated carbocycles. The number of rotatable bonds is 7. The summed E-state index contributed by atoms with van der Waals surface area (Å²) in [5.41, 5.74) is 13.1. The summed E-state index contributed by atoms with van der Waals surface area (Å²) in [7, 11) is 0. The molecule has 0 radical (unpaired) electrons. The molecule has 0 saturated heterocycles. The lowest BCUT2D eigenvalue weighted by Crippen LogP contribution is -2.09. The van der Waals surface area contributed by atoms with Gasteiger partial charge in [-0.15, -0.1) is 0 Å². The molecule has 0 aliphatic heterocycles. The molecule has 0 aromatic heterocycles. The third-order valence-corrected chi connectivity index (χ3v) is 10.8. The Labute approximate surface area is 322 Å². The zero-order chi connectivity index (χ0) is 36.6. The van der Waals surface area contributed by atoms with Crippen LogP contribution < -0.4 is 4.90 Å². The molecule has 10 aromatic carbocycles. The number of nitrogens with zero attached hydrogens (tertiary/aromatic N) is 1. The minimum absolute atomic E-state index is 1.13. The van der Waals surface area contributed by atoms with E-state index < -0.39 is 0 Å². The molecule has 55 heavy (non-hydrogen) atoms. The molecule has 0 unspecified atom stereocenters. The van der Waals surface area contributed by atoms with E-state index in [1.165, 1.54) is 76.8 Å². The van der Waals surface area contributed by atoms with E-state index in [9.17, 15) is 0 Å². The van der Waals surface area contributed by atoms with Crippen LogP contribution in [0.3, 0.4) is 0 Å². The molecule has 1 heteroatoms. The van der Waals surface area contributed by atoms with Crippen molar-refractivity contribution < 1.29 is 0 Å². The molecule has 258 valence electrons. The fraction of sp³-hybridized carbons (Fsp3) is 0. The van der Waals surface area contributed by atoms with Gasteiger partial charge < -0.3 is 4.90 Å². The Bertz CT molecular complexity index is 2930. The van der Waals surface area contributed by atoms with Crippen molar-refractivity contribution in [1.29, 1.82) is 0 Å². The molecule has 10 aromatic rings. The van der Waals surface area contributed by atoms with E-state index in [0.29, 0.717) is 0 Å². The SMILES string of the molecule is c1ccc(-c2ccc(-c3cc4ccccc4c4ccccc34)cc2-c2cccc(-c3ccc4cc(N(c5ccccc5)c5ccccc5)ccc4c3)c2)cc1. The Hall–Kier alpha value is -7.22. The van der Waals surface area contributed by atoms with Gasteiger partial charge in [-0.1, -0.05) is 164 Å². The highest BCUT2D eigenvalue weighted by atomic mass is 15.1. The van der Waals surface area contributed by atoms with Gasteiger partial charge in [0.05, 0.1) is 0 Å². The summed E-state index contributed by atoms with van der Waals surface area (Å²) in [5.74, 6) is 0. The van der Waals surface area contributed by atoms with Gasteiger partial charge in [0.25, 0.3) is 0 Å². The van der Waals surface area contributed by atoms with Gasteiger partial charge in [0, 0.05) is 17.1 Å². The van der Waals surface area contributed by atoms with Gasteiger partial charge in [0.15, 0.2) is 0 Å². The molecule has 0 N–H and O–H groups in total. The van der Waals surface area contributed by atoms with E-state index >= 15 is 0 Å². The van der Waals surface area contributed by atoms with E-state index in [4.69, 9.17) is 0 Å². The predicted molar refractivity (Wildman–Crippen MR) is 235 cm³/mol. The number of hydrogen-bond donors (Lipinski definition) is 0. The number of benzene rings is 10. The van der Waals surface area contributed by atoms with Crippen molar-refractivity contribution in [2.75, 3.05) is 4.90 Å². The highest BCUT2D eigenvalue weighted by Crippen LogP contribution is 2.41. The second-order valence-electron chi connectivity index (χ2n) is 14.2. The van der Waals surface area contributed by atoms with Crippen molar-refractivity contribution in [3.8, 4) is 44.5 Å². The second kappa shape index (κ2) is 14.0. The van der Waals surface area contributed by atoms with Crippen LogP contribution in [0.5, 0.6) is 0 Å². The van der Waals surface area contributed by atoms with Crippen LogP contribution in [0.4, 0.5) is 17.1 Å². The first-order chi connectivity index (χ1) is 27.3. The van der Waals surface area contributed by atoms with Gasteiger partial charge in [-0.2, -0.15) is 0 Å². The summed E-state index contributed by atoms with van der Waals surface area (Å²) < 4.78 is 0. The maximum Gasteiger partial charge on any atom is 0.0468 e. The van der Waals surface area contributed by atoms with E-state index in [1.807, 2.05) is 0 Å². The lowest BCUT2D eigenvalue weighted by Gasteiger charge is -2.25. The third kappa shape index (κ3) is 6.12. The molecular weight excluding hydrogens is 663 g/mol. The molecule has 0 bridgehead atoms. The van der Waals surface area contributed by atoms with Crippen LogP contribution in [0, 0.1) is 0 Å². The quantitative estimate of drug-likeness (QED) is 0.150. The first kappa shape index (κ1) is 32.4. The van der Waals surface area contributed by atoms with Gasteiger partial charge >= 0.3 is 0 Å². The number of para-hydroxylation sites is 2. The van der Waals surface area contributed by atoms with Crippen LogP contribution in [-0.4, -0.2) is 0 Å². The zero-order valence-corrected chi connectivity index (χ0v) is 30.3. The van der Waals surface area contributed by atoms with E-state index in [0.717, 1.165) is 17.1 Å². The van der Waals surface area contributed by atoms with Crippen molar-refractivity contribution in [2.45, 2.75) is 0 Å². The molecule has 0 amide bonds. The average Bonchev–Trinajstić information content (AvgIpc) is 3.27. The largest absolute Gasteiger partial charge is 0.310 e. The smallest absolute Gasteiger partial charge is 0.0468 e. The van der Waals surface area contributed by atoms with Crippen molar-refractivity contribution in [3.05, 3.63) is 224 Å². The Morgan fingerprint density at radius 2 is 0.764 bits per heavy atom. The van der Waals surface area contributed by atoms with Gasteiger partial charge in [0.1, 0.15) is 0 Å². The van der Waals surface area contributed by atoms with Gasteiger partial charge in [-0.25, -0.2) is 0 Å². The van der Waals surface area contributed by atoms with E-state index in [2.05, 4.69) is 229 Å². The van der Waals surface area contributed by atoms with Gasteiger partial charge in [-0.05, 0) is 137 Å². The highest BCUT2D eigenvalue weighted by molar-refractivity contribution is 6.14. The molecule has 0 spiro atoms. The topological polar surface area (TPSA) is 3.24 Å². The van der Waals surface area contributed by atoms with Gasteiger partial charge in [0.2, 0.25) is 0 Å². The van der Waals surface area contributed by atoms with E-state index in [-0.39, 0.29) is 0 Å². The van der Waals surface area contributed by atoms with Crippen LogP contribution in [0.2, 0.25) is 0 Å². The maximum absolute atomic E-state index is 2.39. The number of fused-ring (bicyclic) bond motifs is 4. The van der Waals surface area contributed by atoms with Crippen molar-refractivity contribution in [2.24, 2.45) is 0 Å². The summed E-state index contributed by atoms with van der Waals surface area (Å²) in [6, 6.07) is 81.4. The molecular formula is C54H37N. The Kier molecular flexibility index (Phi) is 8.24. The molecule has 0 fully saturated rings. The molecule has 0 aliphatic rings. The molecule has 10 rings (SSSR count). The van der Waals surface area contributed by atoms with Gasteiger partial charge in [-0.3, -0.25) is 0 Å².